The summed E-state index contributed by atoms with van der Waals surface area (Å²) in [6, 6.07) is 66.1. The standard InChI is InChI=1S/C50H30N2O/c1-2-13-33(14-3-1)52-45-19-8-6-16-38(45)39-24-21-35(29-46(39)52)51(36-22-25-41-40-17-7-9-20-47(40)53-48(41)30-36)34-23-26-43-44(28-34)42-18-10-12-32-27-31-11-4-5-15-37(31)50(43)49(32)42/h1-30H. The fourth-order valence-corrected chi connectivity index (χ4v) is 8.99. The molecule has 0 saturated carbocycles. The Morgan fingerprint density at radius 3 is 1.94 bits per heavy atom. The van der Waals surface area contributed by atoms with Crippen LogP contribution in [0.1, 0.15) is 0 Å². The van der Waals surface area contributed by atoms with Crippen molar-refractivity contribution in [1.82, 2.24) is 4.57 Å². The van der Waals surface area contributed by atoms with Crippen LogP contribution in [0.15, 0.2) is 186 Å². The number of anilines is 3. The van der Waals surface area contributed by atoms with Gasteiger partial charge in [-0.25, -0.2) is 0 Å². The van der Waals surface area contributed by atoms with Crippen LogP contribution in [0.4, 0.5) is 17.1 Å². The summed E-state index contributed by atoms with van der Waals surface area (Å²) in [7, 11) is 0. The van der Waals surface area contributed by atoms with E-state index < -0.39 is 0 Å². The van der Waals surface area contributed by atoms with Crippen molar-refractivity contribution in [2.75, 3.05) is 4.90 Å². The van der Waals surface area contributed by atoms with Gasteiger partial charge in [0.2, 0.25) is 0 Å². The van der Waals surface area contributed by atoms with E-state index in [2.05, 4.69) is 179 Å². The molecule has 1 aliphatic carbocycles. The van der Waals surface area contributed by atoms with Crippen molar-refractivity contribution in [2.45, 2.75) is 0 Å². The van der Waals surface area contributed by atoms with E-state index in [9.17, 15) is 0 Å². The summed E-state index contributed by atoms with van der Waals surface area (Å²) >= 11 is 0. The number of hydrogen-bond acceptors (Lipinski definition) is 2. The maximum absolute atomic E-state index is 6.47. The Labute approximate surface area is 305 Å². The first-order valence-corrected chi connectivity index (χ1v) is 18.2. The molecule has 3 nitrogen and oxygen atoms in total. The highest BCUT2D eigenvalue weighted by Gasteiger charge is 2.26. The molecule has 0 fully saturated rings. The SMILES string of the molecule is c1ccc(-n2c3ccccc3c3ccc(N(c4ccc5c(c4)-c4cccc6cc7ccccc7c-5c46)c4ccc5c(c4)oc4ccccc45)cc32)cc1. The van der Waals surface area contributed by atoms with Gasteiger partial charge in [0.1, 0.15) is 11.2 Å². The normalized spacial score (nSPS) is 12.2. The van der Waals surface area contributed by atoms with Crippen LogP contribution in [-0.4, -0.2) is 4.57 Å². The second-order valence-electron chi connectivity index (χ2n) is 14.1. The third-order valence-electron chi connectivity index (χ3n) is 11.3. The van der Waals surface area contributed by atoms with E-state index in [-0.39, 0.29) is 0 Å². The average molecular weight is 675 g/mol. The molecule has 0 N–H and O–H groups in total. The van der Waals surface area contributed by atoms with Crippen LogP contribution in [0.5, 0.6) is 0 Å². The Bertz CT molecular complexity index is 3290. The number of fused-ring (bicyclic) bond motifs is 11. The minimum atomic E-state index is 0.873. The fraction of sp³-hybridized carbons (Fsp3) is 0. The second-order valence-corrected chi connectivity index (χ2v) is 14.1. The molecule has 53 heavy (non-hydrogen) atoms. The minimum absolute atomic E-state index is 0.873. The Morgan fingerprint density at radius 1 is 0.377 bits per heavy atom. The molecule has 0 bridgehead atoms. The van der Waals surface area contributed by atoms with E-state index in [4.69, 9.17) is 4.42 Å². The van der Waals surface area contributed by atoms with E-state index in [1.54, 1.807) is 0 Å². The van der Waals surface area contributed by atoms with E-state index in [0.717, 1.165) is 50.2 Å². The fourth-order valence-electron chi connectivity index (χ4n) is 8.99. The largest absolute Gasteiger partial charge is 0.456 e. The third-order valence-corrected chi connectivity index (χ3v) is 11.3. The molecule has 0 aliphatic heterocycles. The maximum Gasteiger partial charge on any atom is 0.137 e. The zero-order chi connectivity index (χ0) is 34.6. The topological polar surface area (TPSA) is 21.3 Å². The lowest BCUT2D eigenvalue weighted by molar-refractivity contribution is 0.669. The van der Waals surface area contributed by atoms with Gasteiger partial charge < -0.3 is 13.9 Å². The summed E-state index contributed by atoms with van der Waals surface area (Å²) in [6.07, 6.45) is 0. The molecule has 0 atom stereocenters. The zero-order valence-electron chi connectivity index (χ0n) is 28.6. The van der Waals surface area contributed by atoms with E-state index in [1.807, 2.05) is 12.1 Å². The zero-order valence-corrected chi connectivity index (χ0v) is 28.6. The van der Waals surface area contributed by atoms with Crippen molar-refractivity contribution in [3.8, 4) is 27.9 Å². The van der Waals surface area contributed by atoms with Gasteiger partial charge in [-0.1, -0.05) is 109 Å². The molecule has 2 heterocycles. The molecule has 0 amide bonds. The van der Waals surface area contributed by atoms with Gasteiger partial charge in [0, 0.05) is 50.4 Å². The Morgan fingerprint density at radius 2 is 1.04 bits per heavy atom. The number of furan rings is 1. The van der Waals surface area contributed by atoms with Crippen molar-refractivity contribution < 1.29 is 4.42 Å². The summed E-state index contributed by atoms with van der Waals surface area (Å²) in [6.45, 7) is 0. The summed E-state index contributed by atoms with van der Waals surface area (Å²) in [5, 5.41) is 9.89. The molecule has 2 aromatic heterocycles. The lowest BCUT2D eigenvalue weighted by Crippen LogP contribution is -2.10. The van der Waals surface area contributed by atoms with Gasteiger partial charge in [0.05, 0.1) is 11.0 Å². The van der Waals surface area contributed by atoms with E-state index in [0.29, 0.717) is 0 Å². The quantitative estimate of drug-likeness (QED) is 0.173. The van der Waals surface area contributed by atoms with E-state index in [1.165, 1.54) is 60.1 Å². The Balaban J connectivity index is 1.12. The number of hydrogen-bond donors (Lipinski definition) is 0. The van der Waals surface area contributed by atoms with Gasteiger partial charge in [-0.05, 0) is 111 Å². The third kappa shape index (κ3) is 4.05. The van der Waals surface area contributed by atoms with Gasteiger partial charge in [0.15, 0.2) is 0 Å². The first-order chi connectivity index (χ1) is 26.3. The van der Waals surface area contributed by atoms with Crippen LogP contribution in [0.3, 0.4) is 0 Å². The van der Waals surface area contributed by atoms with Crippen molar-refractivity contribution in [1.29, 1.82) is 0 Å². The molecule has 246 valence electrons. The Hall–Kier alpha value is -7.10. The van der Waals surface area contributed by atoms with Gasteiger partial charge in [0.25, 0.3) is 0 Å². The predicted octanol–water partition coefficient (Wildman–Crippen LogP) is 14.1. The second kappa shape index (κ2) is 10.7. The first kappa shape index (κ1) is 28.6. The number of benzene rings is 9. The summed E-state index contributed by atoms with van der Waals surface area (Å²) in [5.41, 5.74) is 13.6. The summed E-state index contributed by atoms with van der Waals surface area (Å²) < 4.78 is 8.86. The molecule has 9 aromatic carbocycles. The molecule has 1 aliphatic rings. The van der Waals surface area contributed by atoms with Crippen LogP contribution < -0.4 is 4.90 Å². The van der Waals surface area contributed by atoms with Crippen molar-refractivity contribution >= 4 is 82.4 Å². The number of nitrogens with zero attached hydrogens (tertiary/aromatic N) is 2. The molecular weight excluding hydrogens is 645 g/mol. The molecule has 0 unspecified atom stereocenters. The highest BCUT2D eigenvalue weighted by molar-refractivity contribution is 6.24. The number of para-hydroxylation sites is 3. The smallest absolute Gasteiger partial charge is 0.137 e. The molecule has 0 radical (unpaired) electrons. The van der Waals surface area contributed by atoms with Gasteiger partial charge >= 0.3 is 0 Å². The van der Waals surface area contributed by atoms with Crippen molar-refractivity contribution in [3.63, 3.8) is 0 Å². The lowest BCUT2D eigenvalue weighted by atomic mass is 9.96. The van der Waals surface area contributed by atoms with Crippen molar-refractivity contribution in [3.05, 3.63) is 182 Å². The van der Waals surface area contributed by atoms with Crippen LogP contribution >= 0.6 is 0 Å². The molecule has 3 heteroatoms. The average Bonchev–Trinajstić information content (AvgIpc) is 3.86. The highest BCUT2D eigenvalue weighted by atomic mass is 16.3. The number of aromatic nitrogens is 1. The summed E-state index contributed by atoms with van der Waals surface area (Å²) in [5.74, 6) is 0. The molecule has 0 saturated heterocycles. The monoisotopic (exact) mass is 674 g/mol. The summed E-state index contributed by atoms with van der Waals surface area (Å²) in [4.78, 5) is 2.39. The van der Waals surface area contributed by atoms with Crippen LogP contribution in [-0.2, 0) is 0 Å². The van der Waals surface area contributed by atoms with Gasteiger partial charge in [-0.3, -0.25) is 0 Å². The molecule has 11 aromatic rings. The first-order valence-electron chi connectivity index (χ1n) is 18.2. The van der Waals surface area contributed by atoms with E-state index >= 15 is 0 Å². The predicted molar refractivity (Wildman–Crippen MR) is 222 cm³/mol. The minimum Gasteiger partial charge on any atom is -0.456 e. The lowest BCUT2D eigenvalue weighted by Gasteiger charge is -2.26. The van der Waals surface area contributed by atoms with Crippen molar-refractivity contribution in [2.24, 2.45) is 0 Å². The van der Waals surface area contributed by atoms with Gasteiger partial charge in [-0.2, -0.15) is 0 Å². The Kier molecular flexibility index (Phi) is 5.77. The molecule has 12 rings (SSSR count). The van der Waals surface area contributed by atoms with Gasteiger partial charge in [-0.15, -0.1) is 0 Å². The maximum atomic E-state index is 6.47. The van der Waals surface area contributed by atoms with Crippen LogP contribution in [0, 0.1) is 0 Å². The molecule has 0 spiro atoms. The highest BCUT2D eigenvalue weighted by Crippen LogP contribution is 2.52. The van der Waals surface area contributed by atoms with Crippen LogP contribution in [0.2, 0.25) is 0 Å². The number of rotatable bonds is 4. The molecular formula is C50H30N2O. The van der Waals surface area contributed by atoms with Crippen LogP contribution in [0.25, 0.3) is 93.2 Å².